The van der Waals surface area contributed by atoms with Crippen LogP contribution in [0.2, 0.25) is 0 Å². The van der Waals surface area contributed by atoms with E-state index < -0.39 is 24.1 Å². The first-order valence-electron chi connectivity index (χ1n) is 8.39. The second-order valence-corrected chi connectivity index (χ2v) is 6.02. The number of carbonyl (C=O) groups excluding carboxylic acids is 1. The van der Waals surface area contributed by atoms with Gasteiger partial charge >= 0.3 is 6.36 Å². The van der Waals surface area contributed by atoms with Gasteiger partial charge in [0.2, 0.25) is 0 Å². The Morgan fingerprint density at radius 2 is 1.43 bits per heavy atom. The van der Waals surface area contributed by atoms with E-state index in [-0.39, 0.29) is 11.3 Å². The molecule has 0 aliphatic heterocycles. The van der Waals surface area contributed by atoms with E-state index in [9.17, 15) is 18.0 Å². The fourth-order valence-electron chi connectivity index (χ4n) is 2.79. The number of hydrogen-bond acceptors (Lipinski definition) is 3. The average molecular weight is 386 g/mol. The lowest BCUT2D eigenvalue weighted by molar-refractivity contribution is -0.274. The Labute approximate surface area is 159 Å². The molecule has 0 atom stereocenters. The van der Waals surface area contributed by atoms with E-state index in [0.29, 0.717) is 0 Å². The summed E-state index contributed by atoms with van der Waals surface area (Å²) in [6, 6.07) is 21.2. The molecule has 3 aromatic carbocycles. The number of ether oxygens (including phenoxy) is 1. The molecule has 3 rings (SSSR count). The molecule has 0 saturated carbocycles. The summed E-state index contributed by atoms with van der Waals surface area (Å²) in [4.78, 5) is 12.8. The van der Waals surface area contributed by atoms with Gasteiger partial charge in [-0.1, -0.05) is 60.7 Å². The van der Waals surface area contributed by atoms with Gasteiger partial charge in [0.25, 0.3) is 5.91 Å². The minimum absolute atomic E-state index is 0.0481. The number of rotatable bonds is 5. The average Bonchev–Trinajstić information content (AvgIpc) is 2.67. The van der Waals surface area contributed by atoms with E-state index in [1.165, 1.54) is 6.07 Å². The van der Waals surface area contributed by atoms with Crippen LogP contribution in [-0.4, -0.2) is 12.3 Å². The molecule has 0 aliphatic rings. The molecule has 0 spiro atoms. The highest BCUT2D eigenvalue weighted by Crippen LogP contribution is 2.27. The van der Waals surface area contributed by atoms with E-state index in [1.54, 1.807) is 0 Å². The lowest BCUT2D eigenvalue weighted by Crippen LogP contribution is -2.30. The standard InChI is InChI=1S/C21H17F3N2O2/c22-21(23,24)28-16-11-12-18(25)17(13-16)20(27)26-19(14-7-3-1-4-8-14)15-9-5-2-6-10-15/h1-13,19H,25H2,(H,26,27). The molecule has 0 unspecified atom stereocenters. The summed E-state index contributed by atoms with van der Waals surface area (Å²) in [6.45, 7) is 0. The minimum Gasteiger partial charge on any atom is -0.406 e. The number of anilines is 1. The number of alkyl halides is 3. The van der Waals surface area contributed by atoms with Crippen LogP contribution in [0.15, 0.2) is 78.9 Å². The van der Waals surface area contributed by atoms with Gasteiger partial charge in [0.1, 0.15) is 5.75 Å². The Morgan fingerprint density at radius 1 is 0.893 bits per heavy atom. The first-order chi connectivity index (χ1) is 13.3. The Balaban J connectivity index is 1.92. The number of nitrogens with one attached hydrogen (secondary N) is 1. The molecule has 1 amide bonds. The van der Waals surface area contributed by atoms with E-state index in [2.05, 4.69) is 10.1 Å². The quantitative estimate of drug-likeness (QED) is 0.626. The summed E-state index contributed by atoms with van der Waals surface area (Å²) in [5.41, 5.74) is 7.40. The Kier molecular flexibility index (Phi) is 5.54. The van der Waals surface area contributed by atoms with Crippen LogP contribution in [0, 0.1) is 0 Å². The Hall–Kier alpha value is -3.48. The molecular formula is C21H17F3N2O2. The summed E-state index contributed by atoms with van der Waals surface area (Å²) in [5.74, 6) is -1.12. The van der Waals surface area contributed by atoms with Gasteiger partial charge < -0.3 is 15.8 Å². The zero-order valence-corrected chi connectivity index (χ0v) is 14.6. The van der Waals surface area contributed by atoms with E-state index in [1.807, 2.05) is 60.7 Å². The van der Waals surface area contributed by atoms with Crippen molar-refractivity contribution in [1.29, 1.82) is 0 Å². The largest absolute Gasteiger partial charge is 0.573 e. The molecule has 144 valence electrons. The highest BCUT2D eigenvalue weighted by molar-refractivity contribution is 6.00. The fraction of sp³-hybridized carbons (Fsp3) is 0.0952. The number of nitrogens with two attached hydrogens (primary N) is 1. The minimum atomic E-state index is -4.86. The maximum Gasteiger partial charge on any atom is 0.573 e. The third kappa shape index (κ3) is 4.82. The van der Waals surface area contributed by atoms with Crippen molar-refractivity contribution in [2.75, 3.05) is 5.73 Å². The van der Waals surface area contributed by atoms with Gasteiger partial charge in [0.15, 0.2) is 0 Å². The van der Waals surface area contributed by atoms with E-state index in [4.69, 9.17) is 5.73 Å². The van der Waals surface area contributed by atoms with Crippen molar-refractivity contribution in [2.24, 2.45) is 0 Å². The zero-order valence-electron chi connectivity index (χ0n) is 14.6. The summed E-state index contributed by atoms with van der Waals surface area (Å²) in [6.07, 6.45) is -4.86. The van der Waals surface area contributed by atoms with Crippen LogP contribution in [0.25, 0.3) is 0 Å². The van der Waals surface area contributed by atoms with Crippen molar-refractivity contribution in [1.82, 2.24) is 5.32 Å². The summed E-state index contributed by atoms with van der Waals surface area (Å²) >= 11 is 0. The molecule has 0 aromatic heterocycles. The Morgan fingerprint density at radius 3 is 1.93 bits per heavy atom. The van der Waals surface area contributed by atoms with Crippen LogP contribution in [0.5, 0.6) is 5.75 Å². The third-order valence-corrected chi connectivity index (χ3v) is 4.04. The molecule has 0 aliphatic carbocycles. The van der Waals surface area contributed by atoms with Gasteiger partial charge in [0.05, 0.1) is 11.6 Å². The van der Waals surface area contributed by atoms with Crippen LogP contribution in [0.3, 0.4) is 0 Å². The smallest absolute Gasteiger partial charge is 0.406 e. The van der Waals surface area contributed by atoms with Crippen molar-refractivity contribution in [3.63, 3.8) is 0 Å². The second-order valence-electron chi connectivity index (χ2n) is 6.02. The Bertz CT molecular complexity index is 905. The predicted molar refractivity (Wildman–Crippen MR) is 99.7 cm³/mol. The SMILES string of the molecule is Nc1ccc(OC(F)(F)F)cc1C(=O)NC(c1ccccc1)c1ccccc1. The molecule has 28 heavy (non-hydrogen) atoms. The normalized spacial score (nSPS) is 11.3. The molecule has 0 bridgehead atoms. The second kappa shape index (κ2) is 8.04. The fourth-order valence-corrected chi connectivity index (χ4v) is 2.79. The van der Waals surface area contributed by atoms with Crippen molar-refractivity contribution < 1.29 is 22.7 Å². The maximum absolute atomic E-state index is 12.8. The summed E-state index contributed by atoms with van der Waals surface area (Å²) < 4.78 is 41.3. The van der Waals surface area contributed by atoms with Crippen LogP contribution in [-0.2, 0) is 0 Å². The maximum atomic E-state index is 12.8. The van der Waals surface area contributed by atoms with Crippen LogP contribution in [0.4, 0.5) is 18.9 Å². The molecule has 3 aromatic rings. The lowest BCUT2D eigenvalue weighted by atomic mass is 9.98. The van der Waals surface area contributed by atoms with Crippen molar-refractivity contribution in [2.45, 2.75) is 12.4 Å². The number of amides is 1. The van der Waals surface area contributed by atoms with Gasteiger partial charge in [0, 0.05) is 5.69 Å². The van der Waals surface area contributed by atoms with Crippen molar-refractivity contribution in [3.05, 3.63) is 95.6 Å². The van der Waals surface area contributed by atoms with Crippen molar-refractivity contribution >= 4 is 11.6 Å². The summed E-state index contributed by atoms with van der Waals surface area (Å²) in [7, 11) is 0. The number of hydrogen-bond donors (Lipinski definition) is 2. The molecular weight excluding hydrogens is 369 g/mol. The molecule has 4 nitrogen and oxygen atoms in total. The van der Waals surface area contributed by atoms with Gasteiger partial charge in [-0.25, -0.2) is 0 Å². The van der Waals surface area contributed by atoms with Crippen LogP contribution < -0.4 is 15.8 Å². The van der Waals surface area contributed by atoms with Crippen molar-refractivity contribution in [3.8, 4) is 5.75 Å². The molecule has 3 N–H and O–H groups in total. The van der Waals surface area contributed by atoms with Gasteiger partial charge in [-0.05, 0) is 29.3 Å². The highest BCUT2D eigenvalue weighted by atomic mass is 19.4. The van der Waals surface area contributed by atoms with Gasteiger partial charge in [-0.3, -0.25) is 4.79 Å². The number of nitrogen functional groups attached to an aromatic ring is 1. The molecule has 7 heteroatoms. The predicted octanol–water partition coefficient (Wildman–Crippen LogP) is 4.69. The number of benzene rings is 3. The molecule has 0 radical (unpaired) electrons. The molecule has 0 heterocycles. The van der Waals surface area contributed by atoms with Gasteiger partial charge in [-0.2, -0.15) is 0 Å². The monoisotopic (exact) mass is 386 g/mol. The lowest BCUT2D eigenvalue weighted by Gasteiger charge is -2.21. The summed E-state index contributed by atoms with van der Waals surface area (Å²) in [5, 5.41) is 2.84. The highest BCUT2D eigenvalue weighted by Gasteiger charge is 2.31. The first kappa shape index (κ1) is 19.3. The topological polar surface area (TPSA) is 64.3 Å². The van der Waals surface area contributed by atoms with E-state index >= 15 is 0 Å². The van der Waals surface area contributed by atoms with Crippen LogP contribution in [0.1, 0.15) is 27.5 Å². The van der Waals surface area contributed by atoms with Gasteiger partial charge in [-0.15, -0.1) is 13.2 Å². The first-order valence-corrected chi connectivity index (χ1v) is 8.39. The number of halogens is 3. The van der Waals surface area contributed by atoms with E-state index in [0.717, 1.165) is 23.3 Å². The zero-order chi connectivity index (χ0) is 20.1. The van der Waals surface area contributed by atoms with Crippen LogP contribution >= 0.6 is 0 Å². The third-order valence-electron chi connectivity index (χ3n) is 4.04. The molecule has 0 fully saturated rings. The molecule has 0 saturated heterocycles. The number of carbonyl (C=O) groups is 1.